The van der Waals surface area contributed by atoms with E-state index in [4.69, 9.17) is 0 Å². The number of likely N-dealkylation sites (tertiary alicyclic amines) is 1. The zero-order valence-corrected chi connectivity index (χ0v) is 14.5. The smallest absolute Gasteiger partial charge is 0.276 e. The Bertz CT molecular complexity index is 746. The van der Waals surface area contributed by atoms with Gasteiger partial charge in [0.15, 0.2) is 5.69 Å². The summed E-state index contributed by atoms with van der Waals surface area (Å²) in [6.45, 7) is 5.16. The molecule has 2 aromatic rings. The zero-order chi connectivity index (χ0) is 18.0. The average molecular weight is 346 g/mol. The first-order valence-electron chi connectivity index (χ1n) is 8.58. The van der Waals surface area contributed by atoms with Crippen molar-refractivity contribution in [3.63, 3.8) is 0 Å². The van der Waals surface area contributed by atoms with Crippen LogP contribution in [0.4, 0.5) is 4.39 Å². The summed E-state index contributed by atoms with van der Waals surface area (Å²) in [6, 6.07) is 5.79. The van der Waals surface area contributed by atoms with Gasteiger partial charge in [-0.2, -0.15) is 0 Å². The Morgan fingerprint density at radius 2 is 2.24 bits per heavy atom. The summed E-state index contributed by atoms with van der Waals surface area (Å²) in [6.07, 6.45) is 2.34. The highest BCUT2D eigenvalue weighted by atomic mass is 19.1. The molecule has 1 N–H and O–H groups in total. The van der Waals surface area contributed by atoms with Crippen LogP contribution >= 0.6 is 0 Å². The van der Waals surface area contributed by atoms with Gasteiger partial charge in [0.2, 0.25) is 0 Å². The fourth-order valence-electron chi connectivity index (χ4n) is 3.11. The predicted molar refractivity (Wildman–Crippen MR) is 90.3 cm³/mol. The maximum atomic E-state index is 13.5. The van der Waals surface area contributed by atoms with Gasteiger partial charge in [0.05, 0.1) is 18.3 Å². The van der Waals surface area contributed by atoms with E-state index in [0.717, 1.165) is 6.42 Å². The lowest BCUT2D eigenvalue weighted by atomic mass is 10.0. The number of rotatable bonds is 5. The highest BCUT2D eigenvalue weighted by Crippen LogP contribution is 2.33. The number of benzene rings is 1. The van der Waals surface area contributed by atoms with Gasteiger partial charge in [-0.3, -0.25) is 9.48 Å². The van der Waals surface area contributed by atoms with Crippen molar-refractivity contribution in [2.75, 3.05) is 6.54 Å². The third-order valence-electron chi connectivity index (χ3n) is 4.47. The predicted octanol–water partition coefficient (Wildman–Crippen LogP) is 2.41. The number of aromatic nitrogens is 3. The number of hydrogen-bond donors (Lipinski definition) is 1. The third-order valence-corrected chi connectivity index (χ3v) is 4.47. The van der Waals surface area contributed by atoms with Crippen molar-refractivity contribution >= 4 is 5.91 Å². The van der Waals surface area contributed by atoms with Crippen molar-refractivity contribution in [2.24, 2.45) is 5.92 Å². The summed E-state index contributed by atoms with van der Waals surface area (Å²) < 4.78 is 15.2. The number of aliphatic hydroxyl groups excluding tert-OH is 1. The van der Waals surface area contributed by atoms with Gasteiger partial charge in [0.25, 0.3) is 5.91 Å². The van der Waals surface area contributed by atoms with Crippen molar-refractivity contribution < 1.29 is 14.3 Å². The monoisotopic (exact) mass is 346 g/mol. The summed E-state index contributed by atoms with van der Waals surface area (Å²) in [5.41, 5.74) is 0.927. The topological polar surface area (TPSA) is 71.2 Å². The van der Waals surface area contributed by atoms with Gasteiger partial charge < -0.3 is 10.0 Å². The van der Waals surface area contributed by atoms with E-state index in [0.29, 0.717) is 24.4 Å². The Labute approximate surface area is 146 Å². The molecule has 2 atom stereocenters. The molecule has 2 heterocycles. The van der Waals surface area contributed by atoms with Crippen LogP contribution in [0, 0.1) is 11.7 Å². The number of amides is 1. The van der Waals surface area contributed by atoms with E-state index >= 15 is 0 Å². The van der Waals surface area contributed by atoms with Crippen molar-refractivity contribution in [3.8, 4) is 0 Å². The van der Waals surface area contributed by atoms with Crippen LogP contribution in [-0.2, 0) is 6.54 Å². The number of nitrogens with zero attached hydrogens (tertiary/aromatic N) is 4. The van der Waals surface area contributed by atoms with Crippen LogP contribution in [0.5, 0.6) is 0 Å². The number of carbonyl (C=O) groups excluding carboxylic acids is 1. The second-order valence-electron chi connectivity index (χ2n) is 6.97. The molecule has 1 aromatic heterocycles. The first kappa shape index (κ1) is 17.5. The maximum Gasteiger partial charge on any atom is 0.276 e. The fourth-order valence-corrected chi connectivity index (χ4v) is 3.11. The molecular weight excluding hydrogens is 323 g/mol. The number of aryl methyl sites for hydroxylation is 1. The lowest BCUT2D eigenvalue weighted by Crippen LogP contribution is -2.32. The molecule has 1 fully saturated rings. The molecule has 0 bridgehead atoms. The van der Waals surface area contributed by atoms with Crippen molar-refractivity contribution in [1.82, 2.24) is 19.9 Å². The molecule has 0 unspecified atom stereocenters. The first-order valence-corrected chi connectivity index (χ1v) is 8.58. The lowest BCUT2D eigenvalue weighted by Gasteiger charge is -2.23. The molecule has 7 heteroatoms. The van der Waals surface area contributed by atoms with Crippen LogP contribution in [0.2, 0.25) is 0 Å². The highest BCUT2D eigenvalue weighted by Gasteiger charge is 2.36. The van der Waals surface area contributed by atoms with E-state index in [9.17, 15) is 14.3 Å². The molecule has 1 aliphatic heterocycles. The van der Waals surface area contributed by atoms with Gasteiger partial charge in [0.1, 0.15) is 5.82 Å². The number of β-amino-alcohol motifs (C(OH)–C–C–N with tert-alkyl or cyclic N) is 1. The molecule has 25 heavy (non-hydrogen) atoms. The first-order chi connectivity index (χ1) is 11.9. The molecule has 6 nitrogen and oxygen atoms in total. The molecule has 134 valence electrons. The van der Waals surface area contributed by atoms with Crippen LogP contribution < -0.4 is 0 Å². The number of aliphatic hydroxyl groups is 1. The standard InChI is InChI=1S/C18H23FN4O2/c1-12(2)6-7-22-11-16(20-21-22)18(25)23-10-15(24)9-17(23)13-4-3-5-14(19)8-13/h3-5,8,11-12,15,17,24H,6-7,9-10H2,1-2H3/t15-,17+/m0/s1. The highest BCUT2D eigenvalue weighted by molar-refractivity contribution is 5.92. The van der Waals surface area contributed by atoms with E-state index in [1.807, 2.05) is 0 Å². The lowest BCUT2D eigenvalue weighted by molar-refractivity contribution is 0.0709. The Hall–Kier alpha value is -2.28. The van der Waals surface area contributed by atoms with E-state index in [1.54, 1.807) is 27.9 Å². The minimum absolute atomic E-state index is 0.207. The number of hydrogen-bond acceptors (Lipinski definition) is 4. The Kier molecular flexibility index (Phi) is 5.13. The molecule has 3 rings (SSSR count). The summed E-state index contributed by atoms with van der Waals surface area (Å²) in [5, 5.41) is 18.0. The molecule has 1 amide bonds. The molecule has 1 saturated heterocycles. The van der Waals surface area contributed by atoms with E-state index in [1.165, 1.54) is 12.1 Å². The van der Waals surface area contributed by atoms with Gasteiger partial charge in [-0.25, -0.2) is 4.39 Å². The second-order valence-corrected chi connectivity index (χ2v) is 6.97. The van der Waals surface area contributed by atoms with Gasteiger partial charge in [-0.05, 0) is 36.5 Å². The molecule has 1 aliphatic rings. The maximum absolute atomic E-state index is 13.5. The van der Waals surface area contributed by atoms with Crippen molar-refractivity contribution in [2.45, 2.75) is 45.4 Å². The van der Waals surface area contributed by atoms with E-state index in [-0.39, 0.29) is 30.0 Å². The fraction of sp³-hybridized carbons (Fsp3) is 0.500. The van der Waals surface area contributed by atoms with Gasteiger partial charge in [-0.15, -0.1) is 5.10 Å². The zero-order valence-electron chi connectivity index (χ0n) is 14.5. The van der Waals surface area contributed by atoms with Crippen molar-refractivity contribution in [1.29, 1.82) is 0 Å². The largest absolute Gasteiger partial charge is 0.391 e. The third kappa shape index (κ3) is 4.04. The molecule has 1 aromatic carbocycles. The van der Waals surface area contributed by atoms with Crippen LogP contribution in [0.15, 0.2) is 30.5 Å². The Morgan fingerprint density at radius 3 is 2.96 bits per heavy atom. The number of halogens is 1. The normalized spacial score (nSPS) is 20.4. The summed E-state index contributed by atoms with van der Waals surface area (Å²) in [7, 11) is 0. The van der Waals surface area contributed by atoms with Crippen LogP contribution in [0.1, 0.15) is 48.8 Å². The quantitative estimate of drug-likeness (QED) is 0.902. The SMILES string of the molecule is CC(C)CCn1cc(C(=O)N2C[C@@H](O)C[C@@H]2c2cccc(F)c2)nn1. The van der Waals surface area contributed by atoms with Gasteiger partial charge in [-0.1, -0.05) is 31.2 Å². The van der Waals surface area contributed by atoms with Crippen LogP contribution in [0.3, 0.4) is 0 Å². The Balaban J connectivity index is 1.78. The minimum atomic E-state index is -0.631. The van der Waals surface area contributed by atoms with E-state index in [2.05, 4.69) is 24.2 Å². The van der Waals surface area contributed by atoms with E-state index < -0.39 is 6.10 Å². The van der Waals surface area contributed by atoms with Gasteiger partial charge in [0, 0.05) is 13.1 Å². The molecular formula is C18H23FN4O2. The average Bonchev–Trinajstić information content (AvgIpc) is 3.19. The number of carbonyl (C=O) groups is 1. The van der Waals surface area contributed by atoms with Crippen molar-refractivity contribution in [3.05, 3.63) is 47.5 Å². The Morgan fingerprint density at radius 1 is 1.44 bits per heavy atom. The summed E-state index contributed by atoms with van der Waals surface area (Å²) in [5.74, 6) is -0.109. The van der Waals surface area contributed by atoms with Crippen LogP contribution in [0.25, 0.3) is 0 Å². The second kappa shape index (κ2) is 7.31. The molecule has 0 spiro atoms. The summed E-state index contributed by atoms with van der Waals surface area (Å²) in [4.78, 5) is 14.4. The molecule has 0 aliphatic carbocycles. The molecule has 0 radical (unpaired) electrons. The van der Waals surface area contributed by atoms with Gasteiger partial charge >= 0.3 is 0 Å². The molecule has 0 saturated carbocycles. The minimum Gasteiger partial charge on any atom is -0.391 e. The van der Waals surface area contributed by atoms with Crippen LogP contribution in [-0.4, -0.2) is 43.6 Å². The summed E-state index contributed by atoms with van der Waals surface area (Å²) >= 11 is 0.